The predicted molar refractivity (Wildman–Crippen MR) is 72.4 cm³/mol. The number of esters is 1. The number of nitrogens with zero attached hydrogens (tertiary/aromatic N) is 1. The number of nitrogens with one attached hydrogen (secondary N) is 1. The molecule has 2 rings (SSSR count). The first-order chi connectivity index (χ1) is 9.51. The Labute approximate surface area is 118 Å². The number of carbonyl (C=O) groups is 1. The smallest absolute Gasteiger partial charge is 0.358 e. The van der Waals surface area contributed by atoms with Gasteiger partial charge in [0.15, 0.2) is 10.8 Å². The highest BCUT2D eigenvalue weighted by Gasteiger charge is 2.17. The number of aromatic nitrogens is 1. The van der Waals surface area contributed by atoms with E-state index in [-0.39, 0.29) is 18.0 Å². The average Bonchev–Trinajstić information content (AvgIpc) is 2.74. The summed E-state index contributed by atoms with van der Waals surface area (Å²) in [7, 11) is 0. The van der Waals surface area contributed by atoms with Crippen LogP contribution in [-0.4, -0.2) is 17.6 Å². The zero-order chi connectivity index (χ0) is 14.7. The summed E-state index contributed by atoms with van der Waals surface area (Å²) in [6, 6.07) is 3.18. The summed E-state index contributed by atoms with van der Waals surface area (Å²) in [4.78, 5) is 16.3. The minimum absolute atomic E-state index is 0.0931. The van der Waals surface area contributed by atoms with Crippen LogP contribution in [0.4, 0.5) is 19.6 Å². The highest BCUT2D eigenvalue weighted by Crippen LogP contribution is 2.27. The second kappa shape index (κ2) is 5.96. The lowest BCUT2D eigenvalue weighted by Crippen LogP contribution is -2.06. The highest BCUT2D eigenvalue weighted by molar-refractivity contribution is 7.15. The van der Waals surface area contributed by atoms with Gasteiger partial charge in [-0.15, -0.1) is 11.3 Å². The minimum Gasteiger partial charge on any atom is -0.461 e. The molecule has 20 heavy (non-hydrogen) atoms. The van der Waals surface area contributed by atoms with Gasteiger partial charge in [-0.1, -0.05) is 0 Å². The van der Waals surface area contributed by atoms with Crippen LogP contribution in [0.25, 0.3) is 0 Å². The van der Waals surface area contributed by atoms with Crippen LogP contribution in [0.15, 0.2) is 18.2 Å². The van der Waals surface area contributed by atoms with Crippen LogP contribution in [0.1, 0.15) is 22.3 Å². The molecule has 0 amide bonds. The SMILES string of the molecule is CCOC(=O)c1nc(Nc2ccc(F)cc2F)sc1C. The van der Waals surface area contributed by atoms with Gasteiger partial charge >= 0.3 is 5.97 Å². The quantitative estimate of drug-likeness (QED) is 0.875. The van der Waals surface area contributed by atoms with Crippen LogP contribution < -0.4 is 5.32 Å². The number of ether oxygens (including phenoxy) is 1. The molecule has 0 fully saturated rings. The van der Waals surface area contributed by atoms with Crippen molar-refractivity contribution in [1.82, 2.24) is 4.98 Å². The van der Waals surface area contributed by atoms with E-state index in [4.69, 9.17) is 4.74 Å². The molecule has 0 unspecified atom stereocenters. The van der Waals surface area contributed by atoms with Gasteiger partial charge in [-0.05, 0) is 26.0 Å². The van der Waals surface area contributed by atoms with E-state index in [0.29, 0.717) is 10.0 Å². The van der Waals surface area contributed by atoms with Crippen molar-refractivity contribution in [2.75, 3.05) is 11.9 Å². The first-order valence-corrected chi connectivity index (χ1v) is 6.69. The fourth-order valence-electron chi connectivity index (χ4n) is 1.54. The molecule has 1 heterocycles. The van der Waals surface area contributed by atoms with Crippen LogP contribution >= 0.6 is 11.3 Å². The largest absolute Gasteiger partial charge is 0.461 e. The predicted octanol–water partition coefficient (Wildman–Crippen LogP) is 3.65. The second-order valence-electron chi connectivity index (χ2n) is 3.89. The Balaban J connectivity index is 2.22. The standard InChI is InChI=1S/C13H12F2N2O2S/c1-3-19-12(18)11-7(2)20-13(17-11)16-10-5-4-8(14)6-9(10)15/h4-6H,3H2,1-2H3,(H,16,17). The molecule has 2 aromatic rings. The third-order valence-electron chi connectivity index (χ3n) is 2.44. The van der Waals surface area contributed by atoms with Crippen molar-refractivity contribution in [2.24, 2.45) is 0 Å². The van der Waals surface area contributed by atoms with Gasteiger partial charge in [0.1, 0.15) is 11.6 Å². The van der Waals surface area contributed by atoms with Gasteiger partial charge in [0.25, 0.3) is 0 Å². The van der Waals surface area contributed by atoms with E-state index in [2.05, 4.69) is 10.3 Å². The Kier molecular flexibility index (Phi) is 4.29. The van der Waals surface area contributed by atoms with E-state index in [1.165, 1.54) is 17.4 Å². The molecule has 106 valence electrons. The van der Waals surface area contributed by atoms with Crippen molar-refractivity contribution < 1.29 is 18.3 Å². The van der Waals surface area contributed by atoms with Gasteiger partial charge in [-0.25, -0.2) is 18.6 Å². The van der Waals surface area contributed by atoms with Gasteiger partial charge in [-0.2, -0.15) is 0 Å². The maximum absolute atomic E-state index is 13.5. The van der Waals surface area contributed by atoms with Crippen LogP contribution in [0.5, 0.6) is 0 Å². The first kappa shape index (κ1) is 14.4. The third-order valence-corrected chi connectivity index (χ3v) is 3.32. The van der Waals surface area contributed by atoms with E-state index >= 15 is 0 Å². The number of thiazole rings is 1. The topological polar surface area (TPSA) is 51.2 Å². The zero-order valence-electron chi connectivity index (χ0n) is 10.9. The van der Waals surface area contributed by atoms with E-state index in [0.717, 1.165) is 12.1 Å². The Morgan fingerprint density at radius 3 is 2.85 bits per heavy atom. The lowest BCUT2D eigenvalue weighted by atomic mass is 10.3. The number of rotatable bonds is 4. The number of aryl methyl sites for hydroxylation is 1. The van der Waals surface area contributed by atoms with E-state index in [9.17, 15) is 13.6 Å². The number of hydrogen-bond donors (Lipinski definition) is 1. The molecular weight excluding hydrogens is 286 g/mol. The molecule has 0 atom stereocenters. The Bertz CT molecular complexity index is 643. The molecule has 0 spiro atoms. The monoisotopic (exact) mass is 298 g/mol. The van der Waals surface area contributed by atoms with Crippen LogP contribution in [-0.2, 0) is 4.74 Å². The van der Waals surface area contributed by atoms with Gasteiger partial charge in [0.2, 0.25) is 0 Å². The molecule has 0 aliphatic heterocycles. The average molecular weight is 298 g/mol. The molecule has 0 saturated carbocycles. The normalized spacial score (nSPS) is 10.4. The van der Waals surface area contributed by atoms with Gasteiger partial charge in [0.05, 0.1) is 12.3 Å². The molecular formula is C13H12F2N2O2S. The lowest BCUT2D eigenvalue weighted by Gasteiger charge is -2.03. The molecule has 0 aliphatic carbocycles. The molecule has 1 N–H and O–H groups in total. The summed E-state index contributed by atoms with van der Waals surface area (Å²) < 4.78 is 31.2. The van der Waals surface area contributed by atoms with Gasteiger partial charge in [0, 0.05) is 10.9 Å². The molecule has 0 bridgehead atoms. The summed E-state index contributed by atoms with van der Waals surface area (Å²) >= 11 is 1.19. The third kappa shape index (κ3) is 3.11. The number of carbonyl (C=O) groups excluding carboxylic acids is 1. The van der Waals surface area contributed by atoms with Crippen molar-refractivity contribution in [3.05, 3.63) is 40.4 Å². The van der Waals surface area contributed by atoms with E-state index in [1.807, 2.05) is 0 Å². The summed E-state index contributed by atoms with van der Waals surface area (Å²) in [6.07, 6.45) is 0. The lowest BCUT2D eigenvalue weighted by molar-refractivity contribution is 0.0519. The summed E-state index contributed by atoms with van der Waals surface area (Å²) in [6.45, 7) is 3.67. The van der Waals surface area contributed by atoms with E-state index < -0.39 is 17.6 Å². The highest BCUT2D eigenvalue weighted by atomic mass is 32.1. The molecule has 1 aromatic carbocycles. The molecule has 0 saturated heterocycles. The fourth-order valence-corrected chi connectivity index (χ4v) is 2.36. The molecule has 4 nitrogen and oxygen atoms in total. The first-order valence-electron chi connectivity index (χ1n) is 5.88. The second-order valence-corrected chi connectivity index (χ2v) is 5.10. The number of halogens is 2. The fraction of sp³-hybridized carbons (Fsp3) is 0.231. The summed E-state index contributed by atoms with van der Waals surface area (Å²) in [5.41, 5.74) is 0.289. The Morgan fingerprint density at radius 1 is 1.45 bits per heavy atom. The van der Waals surface area contributed by atoms with Crippen LogP contribution in [0, 0.1) is 18.6 Å². The summed E-state index contributed by atoms with van der Waals surface area (Å²) in [5.74, 6) is -1.90. The van der Waals surface area contributed by atoms with Gasteiger partial charge < -0.3 is 10.1 Å². The van der Waals surface area contributed by atoms with Crippen LogP contribution in [0.3, 0.4) is 0 Å². The molecule has 0 radical (unpaired) electrons. The maximum Gasteiger partial charge on any atom is 0.358 e. The zero-order valence-corrected chi connectivity index (χ0v) is 11.7. The molecule has 1 aromatic heterocycles. The maximum atomic E-state index is 13.5. The number of hydrogen-bond acceptors (Lipinski definition) is 5. The van der Waals surface area contributed by atoms with Crippen molar-refractivity contribution in [2.45, 2.75) is 13.8 Å². The van der Waals surface area contributed by atoms with E-state index in [1.54, 1.807) is 13.8 Å². The van der Waals surface area contributed by atoms with Crippen molar-refractivity contribution in [1.29, 1.82) is 0 Å². The number of anilines is 2. The van der Waals surface area contributed by atoms with Crippen molar-refractivity contribution >= 4 is 28.1 Å². The molecule has 7 heteroatoms. The van der Waals surface area contributed by atoms with Crippen molar-refractivity contribution in [3.63, 3.8) is 0 Å². The van der Waals surface area contributed by atoms with Gasteiger partial charge in [-0.3, -0.25) is 0 Å². The number of benzene rings is 1. The van der Waals surface area contributed by atoms with Crippen molar-refractivity contribution in [3.8, 4) is 0 Å². The minimum atomic E-state index is -0.726. The van der Waals surface area contributed by atoms with Crippen LogP contribution in [0.2, 0.25) is 0 Å². The Morgan fingerprint density at radius 2 is 2.20 bits per heavy atom. The molecule has 0 aliphatic rings. The summed E-state index contributed by atoms with van der Waals surface area (Å²) in [5, 5.41) is 3.06. The Hall–Kier alpha value is -2.02.